The van der Waals surface area contributed by atoms with E-state index in [0.717, 1.165) is 27.6 Å². The predicted molar refractivity (Wildman–Crippen MR) is 194 cm³/mol. The summed E-state index contributed by atoms with van der Waals surface area (Å²) in [5.41, 5.74) is 10.7. The van der Waals surface area contributed by atoms with Crippen LogP contribution in [0.5, 0.6) is 0 Å². The SMILES string of the molecule is CC1(C)c2ccccc2-c2cc3c(ccc4cc(-c5nc(-c6ccccc6)nc(-c6ccc(-c7ccccc7)cc6)n5)ccc43)cc21. The molecule has 0 radical (unpaired) electrons. The van der Waals surface area contributed by atoms with E-state index in [1.165, 1.54) is 44.0 Å². The number of hydrogen-bond donors (Lipinski definition) is 0. The minimum atomic E-state index is -0.0202. The molecule has 1 aliphatic carbocycles. The molecule has 0 spiro atoms. The Morgan fingerprint density at radius 1 is 0.362 bits per heavy atom. The highest BCUT2D eigenvalue weighted by Gasteiger charge is 2.35. The summed E-state index contributed by atoms with van der Waals surface area (Å²) in [6.07, 6.45) is 0. The van der Waals surface area contributed by atoms with E-state index in [1.807, 2.05) is 36.4 Å². The number of nitrogens with zero attached hydrogens (tertiary/aromatic N) is 3. The molecule has 0 saturated heterocycles. The van der Waals surface area contributed by atoms with Gasteiger partial charge in [0, 0.05) is 22.1 Å². The Morgan fingerprint density at radius 3 is 1.57 bits per heavy atom. The summed E-state index contributed by atoms with van der Waals surface area (Å²) < 4.78 is 0. The number of hydrogen-bond acceptors (Lipinski definition) is 3. The third kappa shape index (κ3) is 4.54. The van der Waals surface area contributed by atoms with Crippen LogP contribution in [-0.4, -0.2) is 15.0 Å². The Labute approximate surface area is 274 Å². The van der Waals surface area contributed by atoms with Crippen LogP contribution in [0, 0.1) is 0 Å². The average molecular weight is 602 g/mol. The second-order valence-corrected chi connectivity index (χ2v) is 12.9. The van der Waals surface area contributed by atoms with Crippen LogP contribution < -0.4 is 0 Å². The molecular weight excluding hydrogens is 571 g/mol. The van der Waals surface area contributed by atoms with Crippen LogP contribution in [0.1, 0.15) is 25.0 Å². The fourth-order valence-corrected chi connectivity index (χ4v) is 7.19. The second kappa shape index (κ2) is 10.6. The molecule has 0 unspecified atom stereocenters. The van der Waals surface area contributed by atoms with Crippen molar-refractivity contribution in [2.45, 2.75) is 19.3 Å². The zero-order chi connectivity index (χ0) is 31.5. The van der Waals surface area contributed by atoms with Crippen LogP contribution in [0.15, 0.2) is 152 Å². The van der Waals surface area contributed by atoms with E-state index in [0.29, 0.717) is 17.5 Å². The molecule has 1 aromatic heterocycles. The van der Waals surface area contributed by atoms with Gasteiger partial charge in [0.15, 0.2) is 17.5 Å². The Hall–Kier alpha value is -5.93. The Bertz CT molecular complexity index is 2460. The first-order valence-electron chi connectivity index (χ1n) is 16.1. The summed E-state index contributed by atoms with van der Waals surface area (Å²) in [6, 6.07) is 53.7. The lowest BCUT2D eigenvalue weighted by molar-refractivity contribution is 0.661. The minimum Gasteiger partial charge on any atom is -0.208 e. The maximum Gasteiger partial charge on any atom is 0.164 e. The van der Waals surface area contributed by atoms with Crippen molar-refractivity contribution in [3.8, 4) is 56.4 Å². The molecule has 0 bridgehead atoms. The topological polar surface area (TPSA) is 38.7 Å². The standard InChI is InChI=1S/C44H31N3/c1-44(2)39-16-10-9-15-36(39)38-27-37-33(26-40(38)44)22-21-32-25-34(23-24-35(32)37)43-46-41(30-13-7-4-8-14-30)45-42(47-43)31-19-17-29(18-20-31)28-11-5-3-6-12-28/h3-27H,1-2H3. The van der Waals surface area contributed by atoms with Gasteiger partial charge in [-0.05, 0) is 73.1 Å². The van der Waals surface area contributed by atoms with Gasteiger partial charge in [0.1, 0.15) is 0 Å². The zero-order valence-electron chi connectivity index (χ0n) is 26.3. The molecule has 0 fully saturated rings. The molecule has 3 nitrogen and oxygen atoms in total. The van der Waals surface area contributed by atoms with Gasteiger partial charge in [-0.1, -0.05) is 147 Å². The van der Waals surface area contributed by atoms with E-state index in [-0.39, 0.29) is 5.41 Å². The van der Waals surface area contributed by atoms with Crippen LogP contribution in [0.25, 0.3) is 78.0 Å². The van der Waals surface area contributed by atoms with Crippen molar-refractivity contribution in [2.75, 3.05) is 0 Å². The molecule has 0 saturated carbocycles. The molecule has 0 N–H and O–H groups in total. The van der Waals surface area contributed by atoms with Gasteiger partial charge in [0.2, 0.25) is 0 Å². The van der Waals surface area contributed by atoms with Crippen molar-refractivity contribution in [3.63, 3.8) is 0 Å². The lowest BCUT2D eigenvalue weighted by Gasteiger charge is -2.21. The first-order valence-corrected chi connectivity index (χ1v) is 16.1. The third-order valence-electron chi connectivity index (χ3n) is 9.71. The van der Waals surface area contributed by atoms with Gasteiger partial charge in [-0.15, -0.1) is 0 Å². The lowest BCUT2D eigenvalue weighted by Crippen LogP contribution is -2.14. The number of fused-ring (bicyclic) bond motifs is 6. The van der Waals surface area contributed by atoms with E-state index in [4.69, 9.17) is 15.0 Å². The van der Waals surface area contributed by atoms with Gasteiger partial charge in [-0.3, -0.25) is 0 Å². The monoisotopic (exact) mass is 601 g/mol. The van der Waals surface area contributed by atoms with Gasteiger partial charge in [0.25, 0.3) is 0 Å². The lowest BCUT2D eigenvalue weighted by atomic mass is 9.81. The van der Waals surface area contributed by atoms with Gasteiger partial charge >= 0.3 is 0 Å². The van der Waals surface area contributed by atoms with E-state index < -0.39 is 0 Å². The molecular formula is C44H31N3. The highest BCUT2D eigenvalue weighted by molar-refractivity contribution is 6.10. The normalized spacial score (nSPS) is 13.1. The van der Waals surface area contributed by atoms with Crippen molar-refractivity contribution >= 4 is 21.5 Å². The number of aromatic nitrogens is 3. The van der Waals surface area contributed by atoms with Crippen LogP contribution in [0.4, 0.5) is 0 Å². The van der Waals surface area contributed by atoms with Gasteiger partial charge in [-0.2, -0.15) is 0 Å². The molecule has 0 amide bonds. The number of rotatable bonds is 4. The van der Waals surface area contributed by atoms with Crippen molar-refractivity contribution < 1.29 is 0 Å². The van der Waals surface area contributed by atoms with Crippen molar-refractivity contribution in [1.29, 1.82) is 0 Å². The summed E-state index contributed by atoms with van der Waals surface area (Å²) in [5, 5.41) is 4.92. The maximum atomic E-state index is 5.04. The van der Waals surface area contributed by atoms with Gasteiger partial charge < -0.3 is 0 Å². The van der Waals surface area contributed by atoms with E-state index in [2.05, 4.69) is 129 Å². The summed E-state index contributed by atoms with van der Waals surface area (Å²) in [6.45, 7) is 4.67. The van der Waals surface area contributed by atoms with Crippen LogP contribution in [0.3, 0.4) is 0 Å². The van der Waals surface area contributed by atoms with E-state index in [1.54, 1.807) is 0 Å². The van der Waals surface area contributed by atoms with E-state index in [9.17, 15) is 0 Å². The summed E-state index contributed by atoms with van der Waals surface area (Å²) in [5.74, 6) is 1.98. The first-order chi connectivity index (χ1) is 23.0. The smallest absolute Gasteiger partial charge is 0.164 e. The highest BCUT2D eigenvalue weighted by Crippen LogP contribution is 2.50. The Balaban J connectivity index is 1.17. The zero-order valence-corrected chi connectivity index (χ0v) is 26.3. The van der Waals surface area contributed by atoms with Crippen LogP contribution in [-0.2, 0) is 5.41 Å². The number of benzene rings is 7. The molecule has 3 heteroatoms. The fraction of sp³-hybridized carbons (Fsp3) is 0.0682. The van der Waals surface area contributed by atoms with Gasteiger partial charge in [0.05, 0.1) is 0 Å². The Morgan fingerprint density at radius 2 is 0.872 bits per heavy atom. The largest absolute Gasteiger partial charge is 0.208 e. The predicted octanol–water partition coefficient (Wildman–Crippen LogP) is 11.2. The maximum absolute atomic E-state index is 5.04. The highest BCUT2D eigenvalue weighted by atomic mass is 15.0. The minimum absolute atomic E-state index is 0.0202. The molecule has 0 atom stereocenters. The van der Waals surface area contributed by atoms with E-state index >= 15 is 0 Å². The first kappa shape index (κ1) is 27.4. The van der Waals surface area contributed by atoms with Crippen molar-refractivity contribution in [2.24, 2.45) is 0 Å². The van der Waals surface area contributed by atoms with Crippen molar-refractivity contribution in [3.05, 3.63) is 163 Å². The van der Waals surface area contributed by atoms with Gasteiger partial charge in [-0.25, -0.2) is 15.0 Å². The van der Waals surface area contributed by atoms with Crippen LogP contribution >= 0.6 is 0 Å². The van der Waals surface area contributed by atoms with Crippen LogP contribution in [0.2, 0.25) is 0 Å². The third-order valence-corrected chi connectivity index (χ3v) is 9.71. The molecule has 0 aliphatic heterocycles. The van der Waals surface area contributed by atoms with Crippen molar-refractivity contribution in [1.82, 2.24) is 15.0 Å². The molecule has 222 valence electrons. The molecule has 47 heavy (non-hydrogen) atoms. The summed E-state index contributed by atoms with van der Waals surface area (Å²) >= 11 is 0. The molecule has 1 heterocycles. The summed E-state index contributed by atoms with van der Waals surface area (Å²) in [4.78, 5) is 15.0. The average Bonchev–Trinajstić information content (AvgIpc) is 3.36. The summed E-state index contributed by atoms with van der Waals surface area (Å²) in [7, 11) is 0. The molecule has 7 aromatic carbocycles. The quantitative estimate of drug-likeness (QED) is 0.188. The molecule has 1 aliphatic rings. The molecule has 8 aromatic rings. The fourth-order valence-electron chi connectivity index (χ4n) is 7.19. The second-order valence-electron chi connectivity index (χ2n) is 12.9. The Kier molecular flexibility index (Phi) is 6.16. The molecule has 9 rings (SSSR count).